The lowest BCUT2D eigenvalue weighted by Crippen LogP contribution is -2.39. The first-order chi connectivity index (χ1) is 9.44. The molecule has 20 heavy (non-hydrogen) atoms. The van der Waals surface area contributed by atoms with E-state index in [4.69, 9.17) is 0 Å². The second kappa shape index (κ2) is 6.44. The smallest absolute Gasteiger partial charge is 0.164 e. The molecule has 4 heteroatoms. The summed E-state index contributed by atoms with van der Waals surface area (Å²) < 4.78 is 26.2. The molecule has 0 saturated carbocycles. The van der Waals surface area contributed by atoms with E-state index in [-0.39, 0.29) is 11.3 Å². The van der Waals surface area contributed by atoms with Crippen molar-refractivity contribution in [3.63, 3.8) is 0 Å². The van der Waals surface area contributed by atoms with Crippen LogP contribution in [0.4, 0.5) is 8.78 Å². The predicted molar refractivity (Wildman–Crippen MR) is 74.7 cm³/mol. The Morgan fingerprint density at radius 2 is 1.70 bits per heavy atom. The van der Waals surface area contributed by atoms with Crippen LogP contribution in [0.2, 0.25) is 0 Å². The normalized spacial score (nSPS) is 23.8. The first-order valence-corrected chi connectivity index (χ1v) is 7.15. The fourth-order valence-corrected chi connectivity index (χ4v) is 3.09. The molecule has 0 radical (unpaired) electrons. The average molecular weight is 281 g/mol. The Labute approximate surface area is 118 Å². The number of halogens is 2. The summed E-state index contributed by atoms with van der Waals surface area (Å²) in [4.78, 5) is 14.3. The summed E-state index contributed by atoms with van der Waals surface area (Å²) in [6, 6.07) is 2.99. The maximum absolute atomic E-state index is 13.1. The van der Waals surface area contributed by atoms with Crippen molar-refractivity contribution in [1.29, 1.82) is 0 Å². The highest BCUT2D eigenvalue weighted by atomic mass is 19.1. The third-order valence-electron chi connectivity index (χ3n) is 3.78. The fourth-order valence-electron chi connectivity index (χ4n) is 3.09. The van der Waals surface area contributed by atoms with Crippen LogP contribution >= 0.6 is 0 Å². The summed E-state index contributed by atoms with van der Waals surface area (Å²) in [5.74, 6) is -0.322. The number of Topliss-reactive ketones (excluding diaryl/α,β-unsaturated/α-hetero) is 1. The minimum atomic E-state index is -0.700. The number of hydrogen-bond donors (Lipinski definition) is 0. The third kappa shape index (κ3) is 4.10. The van der Waals surface area contributed by atoms with Crippen LogP contribution < -0.4 is 0 Å². The lowest BCUT2D eigenvalue weighted by Gasteiger charge is -2.34. The summed E-state index contributed by atoms with van der Waals surface area (Å²) in [6.07, 6.45) is 1.53. The average Bonchev–Trinajstić information content (AvgIpc) is 2.33. The second-order valence-electron chi connectivity index (χ2n) is 6.04. The Morgan fingerprint density at radius 3 is 2.25 bits per heavy atom. The highest BCUT2D eigenvalue weighted by Gasteiger charge is 2.22. The number of ketones is 1. The van der Waals surface area contributed by atoms with Crippen molar-refractivity contribution in [3.05, 3.63) is 35.4 Å². The minimum Gasteiger partial charge on any atom is -0.302 e. The SMILES string of the molecule is CC1CC(C)CN(CCC(=O)c2cc(F)cc(F)c2)C1. The molecule has 1 aliphatic heterocycles. The van der Waals surface area contributed by atoms with Crippen molar-refractivity contribution in [3.8, 4) is 0 Å². The van der Waals surface area contributed by atoms with Crippen LogP contribution in [0, 0.1) is 23.5 Å². The maximum atomic E-state index is 13.1. The van der Waals surface area contributed by atoms with Crippen molar-refractivity contribution < 1.29 is 13.6 Å². The van der Waals surface area contributed by atoms with Gasteiger partial charge in [0.25, 0.3) is 0 Å². The highest BCUT2D eigenvalue weighted by molar-refractivity contribution is 5.96. The molecule has 2 unspecified atom stereocenters. The standard InChI is InChI=1S/C16H21F2NO/c1-11-5-12(2)10-19(9-11)4-3-16(20)13-6-14(17)8-15(18)7-13/h6-8,11-12H,3-5,9-10H2,1-2H3. The summed E-state index contributed by atoms with van der Waals surface area (Å²) in [7, 11) is 0. The van der Waals surface area contributed by atoms with Gasteiger partial charge in [0, 0.05) is 37.7 Å². The van der Waals surface area contributed by atoms with Gasteiger partial charge >= 0.3 is 0 Å². The zero-order valence-corrected chi connectivity index (χ0v) is 12.0. The van der Waals surface area contributed by atoms with E-state index in [2.05, 4.69) is 18.7 Å². The Kier molecular flexibility index (Phi) is 4.86. The molecule has 0 aliphatic carbocycles. The molecule has 1 saturated heterocycles. The van der Waals surface area contributed by atoms with Crippen molar-refractivity contribution >= 4 is 5.78 Å². The summed E-state index contributed by atoms with van der Waals surface area (Å²) in [5, 5.41) is 0. The van der Waals surface area contributed by atoms with Crippen molar-refractivity contribution in [2.24, 2.45) is 11.8 Å². The molecular weight excluding hydrogens is 260 g/mol. The Morgan fingerprint density at radius 1 is 1.15 bits per heavy atom. The molecule has 0 spiro atoms. The number of benzene rings is 1. The van der Waals surface area contributed by atoms with Crippen LogP contribution in [-0.2, 0) is 0 Å². The molecule has 1 aromatic rings. The van der Waals surface area contributed by atoms with Gasteiger partial charge in [0.1, 0.15) is 11.6 Å². The highest BCUT2D eigenvalue weighted by Crippen LogP contribution is 2.21. The molecular formula is C16H21F2NO. The number of likely N-dealkylation sites (tertiary alicyclic amines) is 1. The molecule has 1 heterocycles. The lowest BCUT2D eigenvalue weighted by atomic mass is 9.91. The quantitative estimate of drug-likeness (QED) is 0.787. The van der Waals surface area contributed by atoms with E-state index in [1.807, 2.05) is 0 Å². The molecule has 2 rings (SSSR count). The third-order valence-corrected chi connectivity index (χ3v) is 3.78. The van der Waals surface area contributed by atoms with E-state index >= 15 is 0 Å². The first-order valence-electron chi connectivity index (χ1n) is 7.15. The zero-order chi connectivity index (χ0) is 14.7. The van der Waals surface area contributed by atoms with E-state index in [1.165, 1.54) is 6.42 Å². The molecule has 2 atom stereocenters. The van der Waals surface area contributed by atoms with Crippen molar-refractivity contribution in [2.45, 2.75) is 26.7 Å². The molecule has 1 fully saturated rings. The summed E-state index contributed by atoms with van der Waals surface area (Å²) >= 11 is 0. The van der Waals surface area contributed by atoms with Crippen LogP contribution in [0.15, 0.2) is 18.2 Å². The Hall–Kier alpha value is -1.29. The molecule has 0 N–H and O–H groups in total. The first kappa shape index (κ1) is 15.1. The second-order valence-corrected chi connectivity index (χ2v) is 6.04. The molecule has 2 nitrogen and oxygen atoms in total. The van der Waals surface area contributed by atoms with Crippen LogP contribution in [-0.4, -0.2) is 30.3 Å². The van der Waals surface area contributed by atoms with Crippen LogP contribution in [0.5, 0.6) is 0 Å². The van der Waals surface area contributed by atoms with Gasteiger partial charge in [0.05, 0.1) is 0 Å². The van der Waals surface area contributed by atoms with Gasteiger partial charge in [0.2, 0.25) is 0 Å². The number of carbonyl (C=O) groups excluding carboxylic acids is 1. The topological polar surface area (TPSA) is 20.3 Å². The Bertz CT molecular complexity index is 459. The van der Waals surface area contributed by atoms with Gasteiger partial charge in [0.15, 0.2) is 5.78 Å². The van der Waals surface area contributed by atoms with Gasteiger partial charge < -0.3 is 4.90 Å². The predicted octanol–water partition coefficient (Wildman–Crippen LogP) is 3.52. The summed E-state index contributed by atoms with van der Waals surface area (Å²) in [5.41, 5.74) is 0.126. The Balaban J connectivity index is 1.91. The lowest BCUT2D eigenvalue weighted by molar-refractivity contribution is 0.0925. The molecule has 0 amide bonds. The monoisotopic (exact) mass is 281 g/mol. The van der Waals surface area contributed by atoms with Crippen molar-refractivity contribution in [2.75, 3.05) is 19.6 Å². The molecule has 0 aromatic heterocycles. The van der Waals surface area contributed by atoms with Gasteiger partial charge in [-0.1, -0.05) is 13.8 Å². The minimum absolute atomic E-state index is 0.126. The van der Waals surface area contributed by atoms with Crippen LogP contribution in [0.1, 0.15) is 37.0 Å². The van der Waals surface area contributed by atoms with E-state index in [0.717, 1.165) is 31.3 Å². The zero-order valence-electron chi connectivity index (χ0n) is 12.0. The fraction of sp³-hybridized carbons (Fsp3) is 0.562. The van der Waals surface area contributed by atoms with Gasteiger partial charge in [-0.05, 0) is 30.4 Å². The maximum Gasteiger partial charge on any atom is 0.164 e. The number of carbonyl (C=O) groups is 1. The van der Waals surface area contributed by atoms with E-state index in [9.17, 15) is 13.6 Å². The molecule has 1 aromatic carbocycles. The van der Waals surface area contributed by atoms with Crippen LogP contribution in [0.25, 0.3) is 0 Å². The van der Waals surface area contributed by atoms with Gasteiger partial charge in [-0.15, -0.1) is 0 Å². The number of rotatable bonds is 4. The van der Waals surface area contributed by atoms with E-state index in [1.54, 1.807) is 0 Å². The van der Waals surface area contributed by atoms with Gasteiger partial charge in [-0.2, -0.15) is 0 Å². The number of nitrogens with zero attached hydrogens (tertiary/aromatic N) is 1. The number of piperidine rings is 1. The summed E-state index contributed by atoms with van der Waals surface area (Å²) in [6.45, 7) is 7.08. The van der Waals surface area contributed by atoms with Crippen molar-refractivity contribution in [1.82, 2.24) is 4.90 Å². The van der Waals surface area contributed by atoms with E-state index < -0.39 is 11.6 Å². The largest absolute Gasteiger partial charge is 0.302 e. The molecule has 1 aliphatic rings. The van der Waals surface area contributed by atoms with Gasteiger partial charge in [-0.25, -0.2) is 8.78 Å². The molecule has 110 valence electrons. The molecule has 0 bridgehead atoms. The van der Waals surface area contributed by atoms with E-state index in [0.29, 0.717) is 24.8 Å². The van der Waals surface area contributed by atoms with Gasteiger partial charge in [-0.3, -0.25) is 4.79 Å². The number of hydrogen-bond acceptors (Lipinski definition) is 2. The van der Waals surface area contributed by atoms with Crippen LogP contribution in [0.3, 0.4) is 0 Å².